The van der Waals surface area contributed by atoms with Gasteiger partial charge in [0, 0.05) is 17.5 Å². The quantitative estimate of drug-likeness (QED) is 0.746. The molecule has 0 atom stereocenters. The van der Waals surface area contributed by atoms with Gasteiger partial charge in [-0.15, -0.1) is 0 Å². The highest BCUT2D eigenvalue weighted by Crippen LogP contribution is 2.28. The first-order valence-corrected chi connectivity index (χ1v) is 5.42. The van der Waals surface area contributed by atoms with Gasteiger partial charge >= 0.3 is 0 Å². The molecule has 0 bridgehead atoms. The number of thiol groups is 1. The number of aromatic nitrogens is 1. The van der Waals surface area contributed by atoms with Crippen LogP contribution in [0.1, 0.15) is 5.56 Å². The molecular formula is C10H9NS2. The van der Waals surface area contributed by atoms with Gasteiger partial charge in [-0.25, -0.2) is 4.37 Å². The van der Waals surface area contributed by atoms with Crippen molar-refractivity contribution in [2.75, 3.05) is 0 Å². The lowest BCUT2D eigenvalue weighted by Crippen LogP contribution is -1.77. The molecule has 0 spiro atoms. The van der Waals surface area contributed by atoms with Crippen molar-refractivity contribution in [3.63, 3.8) is 0 Å². The molecule has 1 aromatic heterocycles. The van der Waals surface area contributed by atoms with E-state index in [0.717, 1.165) is 5.75 Å². The van der Waals surface area contributed by atoms with Gasteiger partial charge in [-0.2, -0.15) is 12.6 Å². The number of hydrogen-bond acceptors (Lipinski definition) is 3. The summed E-state index contributed by atoms with van der Waals surface area (Å²) in [5, 5.41) is 0. The molecule has 0 aliphatic rings. The van der Waals surface area contributed by atoms with Gasteiger partial charge in [0.2, 0.25) is 0 Å². The van der Waals surface area contributed by atoms with Crippen LogP contribution >= 0.6 is 24.2 Å². The van der Waals surface area contributed by atoms with E-state index in [0.29, 0.717) is 0 Å². The molecule has 1 nitrogen and oxygen atoms in total. The van der Waals surface area contributed by atoms with Crippen LogP contribution in [0.2, 0.25) is 0 Å². The van der Waals surface area contributed by atoms with E-state index in [1.54, 1.807) is 0 Å². The molecule has 0 saturated heterocycles. The largest absolute Gasteiger partial charge is 0.200 e. The highest BCUT2D eigenvalue weighted by Gasteiger charge is 2.05. The van der Waals surface area contributed by atoms with Crippen molar-refractivity contribution in [3.05, 3.63) is 42.1 Å². The van der Waals surface area contributed by atoms with Gasteiger partial charge in [-0.05, 0) is 17.1 Å². The summed E-state index contributed by atoms with van der Waals surface area (Å²) in [7, 11) is 0. The number of nitrogens with zero attached hydrogens (tertiary/aromatic N) is 1. The fourth-order valence-corrected chi connectivity index (χ4v) is 2.32. The van der Waals surface area contributed by atoms with Gasteiger partial charge in [0.1, 0.15) is 0 Å². The molecule has 1 aromatic carbocycles. The predicted molar refractivity (Wildman–Crippen MR) is 60.2 cm³/mol. The molecule has 0 saturated carbocycles. The lowest BCUT2D eigenvalue weighted by molar-refractivity contribution is 1.42. The maximum atomic E-state index is 4.26. The molecular weight excluding hydrogens is 198 g/mol. The summed E-state index contributed by atoms with van der Waals surface area (Å²) in [6.07, 6.45) is 1.89. The SMILES string of the molecule is SCc1cnsc1-c1ccccc1. The summed E-state index contributed by atoms with van der Waals surface area (Å²) < 4.78 is 4.16. The first-order valence-electron chi connectivity index (χ1n) is 4.01. The Morgan fingerprint density at radius 2 is 2.00 bits per heavy atom. The van der Waals surface area contributed by atoms with Crippen LogP contribution in [0.5, 0.6) is 0 Å². The molecule has 2 rings (SSSR count). The summed E-state index contributed by atoms with van der Waals surface area (Å²) in [6.45, 7) is 0. The van der Waals surface area contributed by atoms with Crippen molar-refractivity contribution < 1.29 is 0 Å². The monoisotopic (exact) mass is 207 g/mol. The molecule has 0 aliphatic heterocycles. The third kappa shape index (κ3) is 1.76. The standard InChI is InChI=1S/C10H9NS2/c12-7-9-6-11-13-10(9)8-4-2-1-3-5-8/h1-6,12H,7H2. The highest BCUT2D eigenvalue weighted by molar-refractivity contribution is 7.79. The van der Waals surface area contributed by atoms with Gasteiger partial charge in [0.05, 0.1) is 4.88 Å². The maximum absolute atomic E-state index is 4.26. The second-order valence-electron chi connectivity index (χ2n) is 2.70. The van der Waals surface area contributed by atoms with Crippen LogP contribution in [0, 0.1) is 0 Å². The molecule has 0 unspecified atom stereocenters. The van der Waals surface area contributed by atoms with Gasteiger partial charge in [0.25, 0.3) is 0 Å². The Labute approximate surface area is 87.0 Å². The van der Waals surface area contributed by atoms with Gasteiger partial charge in [0.15, 0.2) is 0 Å². The Morgan fingerprint density at radius 1 is 1.23 bits per heavy atom. The Hall–Kier alpha value is -0.800. The second-order valence-corrected chi connectivity index (χ2v) is 3.82. The van der Waals surface area contributed by atoms with E-state index in [1.165, 1.54) is 27.5 Å². The van der Waals surface area contributed by atoms with E-state index in [2.05, 4.69) is 29.1 Å². The maximum Gasteiger partial charge on any atom is 0.0590 e. The Morgan fingerprint density at radius 3 is 2.69 bits per heavy atom. The summed E-state index contributed by atoms with van der Waals surface area (Å²) >= 11 is 5.79. The van der Waals surface area contributed by atoms with Crippen LogP contribution in [0.15, 0.2) is 36.5 Å². The lowest BCUT2D eigenvalue weighted by atomic mass is 10.1. The molecule has 0 fully saturated rings. The zero-order valence-corrected chi connectivity index (χ0v) is 8.68. The van der Waals surface area contributed by atoms with E-state index < -0.39 is 0 Å². The van der Waals surface area contributed by atoms with E-state index in [1.807, 2.05) is 24.4 Å². The normalized spacial score (nSPS) is 10.2. The molecule has 3 heteroatoms. The van der Waals surface area contributed by atoms with Crippen LogP contribution in [-0.4, -0.2) is 4.37 Å². The summed E-state index contributed by atoms with van der Waals surface area (Å²) in [4.78, 5) is 1.23. The van der Waals surface area contributed by atoms with E-state index in [9.17, 15) is 0 Å². The molecule has 13 heavy (non-hydrogen) atoms. The fraction of sp³-hybridized carbons (Fsp3) is 0.100. The van der Waals surface area contributed by atoms with Crippen LogP contribution in [-0.2, 0) is 5.75 Å². The van der Waals surface area contributed by atoms with Crippen molar-refractivity contribution in [2.24, 2.45) is 0 Å². The molecule has 0 aliphatic carbocycles. The average Bonchev–Trinajstić information content (AvgIpc) is 2.67. The molecule has 0 amide bonds. The molecule has 2 aromatic rings. The Bertz CT molecular complexity index is 381. The summed E-state index contributed by atoms with van der Waals surface area (Å²) in [5.41, 5.74) is 2.44. The second kappa shape index (κ2) is 3.94. The van der Waals surface area contributed by atoms with Gasteiger partial charge < -0.3 is 0 Å². The Balaban J connectivity index is 2.47. The zero-order valence-electron chi connectivity index (χ0n) is 6.97. The molecule has 0 N–H and O–H groups in total. The van der Waals surface area contributed by atoms with Gasteiger partial charge in [-0.1, -0.05) is 30.3 Å². The van der Waals surface area contributed by atoms with E-state index >= 15 is 0 Å². The lowest BCUT2D eigenvalue weighted by Gasteiger charge is -1.98. The summed E-state index contributed by atoms with van der Waals surface area (Å²) in [5.74, 6) is 0.751. The van der Waals surface area contributed by atoms with Gasteiger partial charge in [-0.3, -0.25) is 0 Å². The van der Waals surface area contributed by atoms with Crippen LogP contribution in [0.3, 0.4) is 0 Å². The van der Waals surface area contributed by atoms with Crippen molar-refractivity contribution >= 4 is 24.2 Å². The smallest absolute Gasteiger partial charge is 0.0590 e. The van der Waals surface area contributed by atoms with E-state index in [4.69, 9.17) is 0 Å². The number of hydrogen-bond donors (Lipinski definition) is 1. The first-order chi connectivity index (χ1) is 6.42. The molecule has 1 heterocycles. The zero-order chi connectivity index (χ0) is 9.10. The molecule has 66 valence electrons. The van der Waals surface area contributed by atoms with Crippen LogP contribution in [0.25, 0.3) is 10.4 Å². The fourth-order valence-electron chi connectivity index (χ4n) is 1.20. The van der Waals surface area contributed by atoms with Crippen LogP contribution in [0.4, 0.5) is 0 Å². The predicted octanol–water partition coefficient (Wildman–Crippen LogP) is 3.24. The number of rotatable bonds is 2. The van der Waals surface area contributed by atoms with Crippen molar-refractivity contribution in [1.29, 1.82) is 0 Å². The highest BCUT2D eigenvalue weighted by atomic mass is 32.1. The minimum Gasteiger partial charge on any atom is -0.200 e. The minimum absolute atomic E-state index is 0.751. The minimum atomic E-state index is 0.751. The topological polar surface area (TPSA) is 12.9 Å². The van der Waals surface area contributed by atoms with Crippen molar-refractivity contribution in [3.8, 4) is 10.4 Å². The van der Waals surface area contributed by atoms with Crippen molar-refractivity contribution in [1.82, 2.24) is 4.37 Å². The summed E-state index contributed by atoms with van der Waals surface area (Å²) in [6, 6.07) is 10.3. The third-order valence-corrected chi connectivity index (χ3v) is 3.08. The Kier molecular flexibility index (Phi) is 2.66. The first kappa shape index (κ1) is 8.78. The van der Waals surface area contributed by atoms with E-state index in [-0.39, 0.29) is 0 Å². The average molecular weight is 207 g/mol. The van der Waals surface area contributed by atoms with Crippen molar-refractivity contribution in [2.45, 2.75) is 5.75 Å². The molecule has 0 radical (unpaired) electrons. The third-order valence-electron chi connectivity index (χ3n) is 1.85. The number of benzene rings is 1. The van der Waals surface area contributed by atoms with Crippen LogP contribution < -0.4 is 0 Å².